The molecule has 0 unspecified atom stereocenters. The molecule has 1 aromatic carbocycles. The van der Waals surface area contributed by atoms with Crippen LogP contribution in [-0.4, -0.2) is 19.5 Å². The van der Waals surface area contributed by atoms with Crippen LogP contribution in [0.1, 0.15) is 5.56 Å². The first-order chi connectivity index (χ1) is 8.74. The van der Waals surface area contributed by atoms with Crippen molar-refractivity contribution < 1.29 is 0 Å². The van der Waals surface area contributed by atoms with Crippen LogP contribution >= 0.6 is 23.2 Å². The molecule has 3 rings (SSSR count). The Hall–Kier alpha value is -1.65. The quantitative estimate of drug-likeness (QED) is 0.677. The fraction of sp³-hybridized carbons (Fsp3) is 0.0833. The minimum absolute atomic E-state index is 0.402. The Kier molecular flexibility index (Phi) is 2.89. The number of hydrogen-bond donors (Lipinski definition) is 0. The van der Waals surface area contributed by atoms with E-state index in [1.807, 2.05) is 28.8 Å². The van der Waals surface area contributed by atoms with E-state index in [1.54, 1.807) is 6.33 Å². The molecule has 2 aromatic heterocycles. The van der Waals surface area contributed by atoms with Crippen molar-refractivity contribution in [2.24, 2.45) is 0 Å². The Morgan fingerprint density at radius 2 is 2.00 bits per heavy atom. The molecule has 4 nitrogen and oxygen atoms in total. The molecule has 0 amide bonds. The van der Waals surface area contributed by atoms with E-state index in [-0.39, 0.29) is 0 Å². The minimum Gasteiger partial charge on any atom is -0.322 e. The standard InChI is InChI=1S/C12H8Cl2N4/c13-9-3-1-2-8(4-9)5-18-7-17-12-10(18)11(14)15-6-16-12/h1-4,6-7H,5H2. The highest BCUT2D eigenvalue weighted by Gasteiger charge is 2.09. The second-order valence-corrected chi connectivity index (χ2v) is 4.63. The molecule has 6 heteroatoms. The van der Waals surface area contributed by atoms with Gasteiger partial charge in [0.05, 0.1) is 6.33 Å². The first-order valence-corrected chi connectivity index (χ1v) is 6.05. The predicted octanol–water partition coefficient (Wildman–Crippen LogP) is 3.18. The third-order valence-electron chi connectivity index (χ3n) is 2.61. The molecule has 90 valence electrons. The summed E-state index contributed by atoms with van der Waals surface area (Å²) in [5.74, 6) is 0. The maximum absolute atomic E-state index is 6.06. The molecule has 18 heavy (non-hydrogen) atoms. The molecule has 2 heterocycles. The van der Waals surface area contributed by atoms with Gasteiger partial charge < -0.3 is 4.57 Å². The summed E-state index contributed by atoms with van der Waals surface area (Å²) in [5, 5.41) is 1.11. The number of rotatable bonds is 2. The van der Waals surface area contributed by atoms with Crippen molar-refractivity contribution in [3.63, 3.8) is 0 Å². The van der Waals surface area contributed by atoms with Crippen molar-refractivity contribution in [3.8, 4) is 0 Å². The van der Waals surface area contributed by atoms with Crippen molar-refractivity contribution in [2.75, 3.05) is 0 Å². The lowest BCUT2D eigenvalue weighted by molar-refractivity contribution is 0.823. The lowest BCUT2D eigenvalue weighted by atomic mass is 10.2. The first kappa shape index (κ1) is 11.4. The number of halogens is 2. The molecule has 0 fully saturated rings. The van der Waals surface area contributed by atoms with Crippen LogP contribution in [0.5, 0.6) is 0 Å². The van der Waals surface area contributed by atoms with E-state index in [0.717, 1.165) is 11.1 Å². The van der Waals surface area contributed by atoms with Gasteiger partial charge in [-0.1, -0.05) is 35.3 Å². The summed E-state index contributed by atoms with van der Waals surface area (Å²) in [6.45, 7) is 0.629. The third-order valence-corrected chi connectivity index (χ3v) is 3.12. The number of imidazole rings is 1. The molecule has 0 N–H and O–H groups in total. The average Bonchev–Trinajstić information content (AvgIpc) is 2.74. The largest absolute Gasteiger partial charge is 0.322 e. The lowest BCUT2D eigenvalue weighted by Crippen LogP contribution is -1.99. The Morgan fingerprint density at radius 3 is 2.83 bits per heavy atom. The second-order valence-electron chi connectivity index (χ2n) is 3.84. The molecule has 0 bridgehead atoms. The molecule has 0 saturated heterocycles. The van der Waals surface area contributed by atoms with Gasteiger partial charge in [0.1, 0.15) is 11.8 Å². The topological polar surface area (TPSA) is 43.6 Å². The van der Waals surface area contributed by atoms with Gasteiger partial charge in [0.2, 0.25) is 0 Å². The van der Waals surface area contributed by atoms with Crippen LogP contribution in [0.2, 0.25) is 10.2 Å². The Bertz CT molecular complexity index is 708. The lowest BCUT2D eigenvalue weighted by Gasteiger charge is -2.05. The molecule has 3 aromatic rings. The van der Waals surface area contributed by atoms with E-state index in [1.165, 1.54) is 6.33 Å². The number of fused-ring (bicyclic) bond motifs is 1. The van der Waals surface area contributed by atoms with Crippen LogP contribution in [0.25, 0.3) is 11.2 Å². The summed E-state index contributed by atoms with van der Waals surface area (Å²) in [7, 11) is 0. The highest BCUT2D eigenvalue weighted by Crippen LogP contribution is 2.20. The SMILES string of the molecule is Clc1cccc(Cn2cnc3ncnc(Cl)c32)c1. The zero-order valence-electron chi connectivity index (χ0n) is 9.22. The van der Waals surface area contributed by atoms with Gasteiger partial charge in [-0.3, -0.25) is 0 Å². The maximum Gasteiger partial charge on any atom is 0.182 e. The third kappa shape index (κ3) is 2.05. The van der Waals surface area contributed by atoms with Gasteiger partial charge in [-0.15, -0.1) is 0 Å². The van der Waals surface area contributed by atoms with Gasteiger partial charge in [-0.05, 0) is 17.7 Å². The van der Waals surface area contributed by atoms with E-state index < -0.39 is 0 Å². The number of nitrogens with zero attached hydrogens (tertiary/aromatic N) is 4. The summed E-state index contributed by atoms with van der Waals surface area (Å²) in [5.41, 5.74) is 2.40. The Labute approximate surface area is 113 Å². The maximum atomic E-state index is 6.06. The van der Waals surface area contributed by atoms with E-state index >= 15 is 0 Å². The molecule has 0 radical (unpaired) electrons. The molecular weight excluding hydrogens is 271 g/mol. The van der Waals surface area contributed by atoms with Crippen LogP contribution in [-0.2, 0) is 6.54 Å². The van der Waals surface area contributed by atoms with E-state index in [0.29, 0.717) is 22.4 Å². The van der Waals surface area contributed by atoms with Crippen molar-refractivity contribution in [2.45, 2.75) is 6.54 Å². The average molecular weight is 279 g/mol. The molecular formula is C12H8Cl2N4. The van der Waals surface area contributed by atoms with Crippen LogP contribution in [0, 0.1) is 0 Å². The zero-order valence-corrected chi connectivity index (χ0v) is 10.7. The minimum atomic E-state index is 0.402. The van der Waals surface area contributed by atoms with Gasteiger partial charge in [-0.25, -0.2) is 15.0 Å². The summed E-state index contributed by atoms with van der Waals surface area (Å²) < 4.78 is 1.91. The number of aromatic nitrogens is 4. The highest BCUT2D eigenvalue weighted by atomic mass is 35.5. The molecule has 0 spiro atoms. The van der Waals surface area contributed by atoms with Gasteiger partial charge in [0.25, 0.3) is 0 Å². The van der Waals surface area contributed by atoms with Gasteiger partial charge in [0, 0.05) is 11.6 Å². The second kappa shape index (κ2) is 4.55. The van der Waals surface area contributed by atoms with Gasteiger partial charge in [0.15, 0.2) is 10.8 Å². The van der Waals surface area contributed by atoms with Crippen LogP contribution in [0.4, 0.5) is 0 Å². The summed E-state index contributed by atoms with van der Waals surface area (Å²) >= 11 is 12.0. The molecule has 0 aliphatic heterocycles. The van der Waals surface area contributed by atoms with Crippen molar-refractivity contribution in [1.82, 2.24) is 19.5 Å². The normalized spacial score (nSPS) is 11.0. The van der Waals surface area contributed by atoms with Gasteiger partial charge >= 0.3 is 0 Å². The fourth-order valence-electron chi connectivity index (χ4n) is 1.82. The zero-order chi connectivity index (χ0) is 12.5. The van der Waals surface area contributed by atoms with Crippen molar-refractivity contribution >= 4 is 34.4 Å². The molecule has 0 aliphatic carbocycles. The first-order valence-electron chi connectivity index (χ1n) is 5.30. The van der Waals surface area contributed by atoms with Gasteiger partial charge in [-0.2, -0.15) is 0 Å². The van der Waals surface area contributed by atoms with E-state index in [4.69, 9.17) is 23.2 Å². The molecule has 0 atom stereocenters. The summed E-state index contributed by atoms with van der Waals surface area (Å²) in [4.78, 5) is 12.2. The fourth-order valence-corrected chi connectivity index (χ4v) is 2.27. The Balaban J connectivity index is 2.05. The van der Waals surface area contributed by atoms with E-state index in [9.17, 15) is 0 Å². The van der Waals surface area contributed by atoms with Crippen LogP contribution in [0.3, 0.4) is 0 Å². The number of hydrogen-bond acceptors (Lipinski definition) is 3. The van der Waals surface area contributed by atoms with Crippen molar-refractivity contribution in [1.29, 1.82) is 0 Å². The van der Waals surface area contributed by atoms with Crippen LogP contribution < -0.4 is 0 Å². The highest BCUT2D eigenvalue weighted by molar-refractivity contribution is 6.33. The van der Waals surface area contributed by atoms with E-state index in [2.05, 4.69) is 15.0 Å². The summed E-state index contributed by atoms with van der Waals surface area (Å²) in [6, 6.07) is 7.66. The van der Waals surface area contributed by atoms with Crippen molar-refractivity contribution in [3.05, 3.63) is 52.7 Å². The van der Waals surface area contributed by atoms with Crippen LogP contribution in [0.15, 0.2) is 36.9 Å². The monoisotopic (exact) mass is 278 g/mol. The Morgan fingerprint density at radius 1 is 1.11 bits per heavy atom. The smallest absolute Gasteiger partial charge is 0.182 e. The predicted molar refractivity (Wildman–Crippen MR) is 70.9 cm³/mol. The molecule has 0 aliphatic rings. The summed E-state index contributed by atoms with van der Waals surface area (Å²) in [6.07, 6.45) is 3.10. The molecule has 0 saturated carbocycles. The number of benzene rings is 1.